The lowest BCUT2D eigenvalue weighted by molar-refractivity contribution is -0.116. The van der Waals surface area contributed by atoms with E-state index in [9.17, 15) is 4.79 Å². The first kappa shape index (κ1) is 16.8. The van der Waals surface area contributed by atoms with E-state index in [4.69, 9.17) is 15.2 Å². The number of hydrogen-bond acceptors (Lipinski definition) is 5. The number of para-hydroxylation sites is 1. The molecule has 1 amide bonds. The Morgan fingerprint density at radius 3 is 2.56 bits per heavy atom. The van der Waals surface area contributed by atoms with Crippen LogP contribution in [0, 0.1) is 0 Å². The number of nitrogens with one attached hydrogen (secondary N) is 1. The van der Waals surface area contributed by atoms with Crippen LogP contribution >= 0.6 is 0 Å². The van der Waals surface area contributed by atoms with Gasteiger partial charge < -0.3 is 25.1 Å². The predicted octanol–water partition coefficient (Wildman–Crippen LogP) is 2.15. The van der Waals surface area contributed by atoms with Crippen molar-refractivity contribution in [3.05, 3.63) is 48.3 Å². The van der Waals surface area contributed by atoms with Crippen LogP contribution in [0.15, 0.2) is 42.7 Å². The first-order chi connectivity index (χ1) is 12.1. The highest BCUT2D eigenvalue weighted by Crippen LogP contribution is 2.26. The molecule has 0 bridgehead atoms. The molecule has 1 aromatic heterocycles. The van der Waals surface area contributed by atoms with E-state index >= 15 is 0 Å². The molecule has 0 saturated carbocycles. The number of carbonyl (C=O) groups is 1. The molecule has 7 heteroatoms. The average Bonchev–Trinajstić information content (AvgIpc) is 3.04. The van der Waals surface area contributed by atoms with Crippen LogP contribution in [0.1, 0.15) is 5.56 Å². The third-order valence-corrected chi connectivity index (χ3v) is 3.89. The number of carbonyl (C=O) groups excluding carboxylic acids is 1. The molecule has 0 aliphatic carbocycles. The maximum absolute atomic E-state index is 12.4. The van der Waals surface area contributed by atoms with Gasteiger partial charge in [0.05, 0.1) is 31.6 Å². The summed E-state index contributed by atoms with van der Waals surface area (Å²) in [4.78, 5) is 16.8. The zero-order valence-electron chi connectivity index (χ0n) is 14.2. The van der Waals surface area contributed by atoms with Crippen molar-refractivity contribution in [3.8, 4) is 11.5 Å². The van der Waals surface area contributed by atoms with Gasteiger partial charge in [-0.15, -0.1) is 0 Å². The van der Waals surface area contributed by atoms with Crippen molar-refractivity contribution >= 4 is 22.6 Å². The van der Waals surface area contributed by atoms with Gasteiger partial charge in [-0.2, -0.15) is 0 Å². The molecule has 25 heavy (non-hydrogen) atoms. The SMILES string of the molecule is COc1cc(NC(=O)Cn2cnc3cccc(CN)c32)cc(OC)c1. The smallest absolute Gasteiger partial charge is 0.244 e. The van der Waals surface area contributed by atoms with Gasteiger partial charge in [-0.25, -0.2) is 4.98 Å². The van der Waals surface area contributed by atoms with Crippen molar-refractivity contribution in [1.82, 2.24) is 9.55 Å². The van der Waals surface area contributed by atoms with Crippen molar-refractivity contribution in [2.24, 2.45) is 5.73 Å². The summed E-state index contributed by atoms with van der Waals surface area (Å²) >= 11 is 0. The lowest BCUT2D eigenvalue weighted by atomic mass is 10.2. The minimum atomic E-state index is -0.179. The molecule has 3 N–H and O–H groups in total. The topological polar surface area (TPSA) is 91.4 Å². The molecule has 2 aromatic carbocycles. The molecule has 0 atom stereocenters. The minimum absolute atomic E-state index is 0.132. The van der Waals surface area contributed by atoms with Crippen LogP contribution < -0.4 is 20.5 Å². The van der Waals surface area contributed by atoms with E-state index in [1.54, 1.807) is 43.3 Å². The Kier molecular flexibility index (Phi) is 4.85. The average molecular weight is 340 g/mol. The van der Waals surface area contributed by atoms with Gasteiger partial charge >= 0.3 is 0 Å². The molecule has 0 aliphatic rings. The molecule has 0 radical (unpaired) electrons. The monoisotopic (exact) mass is 340 g/mol. The standard InChI is InChI=1S/C18H20N4O3/c1-24-14-6-13(7-15(8-14)25-2)21-17(23)10-22-11-20-16-5-3-4-12(9-19)18(16)22/h3-8,11H,9-10,19H2,1-2H3,(H,21,23). The van der Waals surface area contributed by atoms with Gasteiger partial charge in [0.15, 0.2) is 0 Å². The second kappa shape index (κ2) is 7.23. The summed E-state index contributed by atoms with van der Waals surface area (Å²) in [5.74, 6) is 1.03. The second-order valence-electron chi connectivity index (χ2n) is 5.51. The van der Waals surface area contributed by atoms with Crippen LogP contribution in [-0.4, -0.2) is 29.7 Å². The van der Waals surface area contributed by atoms with E-state index in [2.05, 4.69) is 10.3 Å². The zero-order valence-corrected chi connectivity index (χ0v) is 14.2. The molecule has 0 unspecified atom stereocenters. The molecule has 7 nitrogen and oxygen atoms in total. The summed E-state index contributed by atoms with van der Waals surface area (Å²) in [5, 5.41) is 2.85. The Labute approximate surface area is 145 Å². The van der Waals surface area contributed by atoms with Gasteiger partial charge in [0.2, 0.25) is 5.91 Å². The molecule has 3 aromatic rings. The predicted molar refractivity (Wildman–Crippen MR) is 95.8 cm³/mol. The minimum Gasteiger partial charge on any atom is -0.497 e. The van der Waals surface area contributed by atoms with Gasteiger partial charge in [0.1, 0.15) is 18.0 Å². The summed E-state index contributed by atoms with van der Waals surface area (Å²) in [6.07, 6.45) is 1.65. The summed E-state index contributed by atoms with van der Waals surface area (Å²) in [7, 11) is 3.12. The van der Waals surface area contributed by atoms with Gasteiger partial charge in [0, 0.05) is 30.4 Å². The Balaban J connectivity index is 1.82. The van der Waals surface area contributed by atoms with Crippen molar-refractivity contribution < 1.29 is 14.3 Å². The number of benzene rings is 2. The van der Waals surface area contributed by atoms with Crippen molar-refractivity contribution in [3.63, 3.8) is 0 Å². The van der Waals surface area contributed by atoms with E-state index in [1.807, 2.05) is 18.2 Å². The third kappa shape index (κ3) is 3.56. The van der Waals surface area contributed by atoms with Crippen LogP contribution in [0.3, 0.4) is 0 Å². The van der Waals surface area contributed by atoms with Crippen LogP contribution in [0.2, 0.25) is 0 Å². The number of nitrogens with two attached hydrogens (primary N) is 1. The quantitative estimate of drug-likeness (QED) is 0.717. The summed E-state index contributed by atoms with van der Waals surface area (Å²) in [6.45, 7) is 0.519. The van der Waals surface area contributed by atoms with Crippen molar-refractivity contribution in [2.45, 2.75) is 13.1 Å². The highest BCUT2D eigenvalue weighted by molar-refractivity contribution is 5.92. The maximum Gasteiger partial charge on any atom is 0.244 e. The first-order valence-corrected chi connectivity index (χ1v) is 7.80. The Bertz CT molecular complexity index is 882. The fourth-order valence-corrected chi connectivity index (χ4v) is 2.72. The van der Waals surface area contributed by atoms with Gasteiger partial charge in [-0.1, -0.05) is 12.1 Å². The largest absolute Gasteiger partial charge is 0.497 e. The van der Waals surface area contributed by atoms with E-state index < -0.39 is 0 Å². The van der Waals surface area contributed by atoms with Crippen LogP contribution in [-0.2, 0) is 17.9 Å². The highest BCUT2D eigenvalue weighted by Gasteiger charge is 2.11. The molecule has 1 heterocycles. The number of amides is 1. The summed E-state index contributed by atoms with van der Waals surface area (Å²) < 4.78 is 12.2. The Morgan fingerprint density at radius 2 is 1.92 bits per heavy atom. The van der Waals surface area contributed by atoms with Crippen LogP contribution in [0.5, 0.6) is 11.5 Å². The Hall–Kier alpha value is -3.06. The number of fused-ring (bicyclic) bond motifs is 1. The number of hydrogen-bond donors (Lipinski definition) is 2. The molecule has 0 saturated heterocycles. The number of imidazole rings is 1. The molecule has 0 fully saturated rings. The highest BCUT2D eigenvalue weighted by atomic mass is 16.5. The van der Waals surface area contributed by atoms with E-state index in [-0.39, 0.29) is 12.5 Å². The molecular weight excluding hydrogens is 320 g/mol. The van der Waals surface area contributed by atoms with E-state index in [0.29, 0.717) is 23.7 Å². The molecule has 0 aliphatic heterocycles. The van der Waals surface area contributed by atoms with Crippen LogP contribution in [0.4, 0.5) is 5.69 Å². The number of methoxy groups -OCH3 is 2. The molecule has 3 rings (SSSR count). The zero-order chi connectivity index (χ0) is 17.8. The lowest BCUT2D eigenvalue weighted by Crippen LogP contribution is -2.18. The van der Waals surface area contributed by atoms with Gasteiger partial charge in [0.25, 0.3) is 0 Å². The first-order valence-electron chi connectivity index (χ1n) is 7.80. The summed E-state index contributed by atoms with van der Waals surface area (Å²) in [5.41, 5.74) is 9.04. The van der Waals surface area contributed by atoms with Gasteiger partial charge in [-0.05, 0) is 11.6 Å². The Morgan fingerprint density at radius 1 is 1.20 bits per heavy atom. The van der Waals surface area contributed by atoms with E-state index in [1.165, 1.54) is 0 Å². The number of rotatable bonds is 6. The van der Waals surface area contributed by atoms with Crippen molar-refractivity contribution in [1.29, 1.82) is 0 Å². The molecule has 0 spiro atoms. The number of aromatic nitrogens is 2. The normalized spacial score (nSPS) is 10.7. The summed E-state index contributed by atoms with van der Waals surface area (Å²) in [6, 6.07) is 11.0. The number of ether oxygens (including phenoxy) is 2. The fourth-order valence-electron chi connectivity index (χ4n) is 2.72. The number of nitrogens with zero attached hydrogens (tertiary/aromatic N) is 2. The molecule has 130 valence electrons. The second-order valence-corrected chi connectivity index (χ2v) is 5.51. The van der Waals surface area contributed by atoms with E-state index in [0.717, 1.165) is 16.6 Å². The van der Waals surface area contributed by atoms with Crippen molar-refractivity contribution in [2.75, 3.05) is 19.5 Å². The third-order valence-electron chi connectivity index (χ3n) is 3.89. The van der Waals surface area contributed by atoms with Crippen LogP contribution in [0.25, 0.3) is 11.0 Å². The fraction of sp³-hybridized carbons (Fsp3) is 0.222. The number of anilines is 1. The molecular formula is C18H20N4O3. The lowest BCUT2D eigenvalue weighted by Gasteiger charge is -2.11. The maximum atomic E-state index is 12.4. The van der Waals surface area contributed by atoms with Gasteiger partial charge in [-0.3, -0.25) is 4.79 Å².